The van der Waals surface area contributed by atoms with Crippen molar-refractivity contribution in [3.63, 3.8) is 0 Å². The lowest BCUT2D eigenvalue weighted by Crippen LogP contribution is -2.15. The molecule has 0 saturated carbocycles. The highest BCUT2D eigenvalue weighted by Crippen LogP contribution is 2.27. The van der Waals surface area contributed by atoms with E-state index in [0.717, 1.165) is 18.7 Å². The van der Waals surface area contributed by atoms with Gasteiger partial charge >= 0.3 is 0 Å². The first-order valence-corrected chi connectivity index (χ1v) is 7.95. The maximum Gasteiger partial charge on any atom is 0.151 e. The predicted molar refractivity (Wildman–Crippen MR) is 69.1 cm³/mol. The molecule has 1 fully saturated rings. The molecule has 2 rings (SSSR count). The van der Waals surface area contributed by atoms with Gasteiger partial charge in [0.05, 0.1) is 30.3 Å². The van der Waals surface area contributed by atoms with Crippen molar-refractivity contribution in [1.29, 1.82) is 0 Å². The zero-order valence-electron chi connectivity index (χ0n) is 10.5. The van der Waals surface area contributed by atoms with Gasteiger partial charge in [-0.15, -0.1) is 0 Å². The average Bonchev–Trinajstić information content (AvgIpc) is 2.95. The Labute approximate surface area is 107 Å². The zero-order chi connectivity index (χ0) is 13.2. The Bertz CT molecular complexity index is 504. The fourth-order valence-corrected chi connectivity index (χ4v) is 2.76. The number of nitrogen functional groups attached to an aromatic ring is 1. The van der Waals surface area contributed by atoms with Crippen molar-refractivity contribution < 1.29 is 13.2 Å². The number of rotatable bonds is 5. The molecule has 0 amide bonds. The van der Waals surface area contributed by atoms with Crippen molar-refractivity contribution in [2.75, 3.05) is 30.5 Å². The van der Waals surface area contributed by atoms with E-state index in [1.807, 2.05) is 0 Å². The summed E-state index contributed by atoms with van der Waals surface area (Å²) in [6.45, 7) is 3.39. The summed E-state index contributed by atoms with van der Waals surface area (Å²) in [6.07, 6.45) is 2.63. The molecule has 2 N–H and O–H groups in total. The zero-order valence-corrected chi connectivity index (χ0v) is 11.3. The van der Waals surface area contributed by atoms with Gasteiger partial charge in [-0.1, -0.05) is 6.92 Å². The van der Waals surface area contributed by atoms with Gasteiger partial charge in [-0.2, -0.15) is 5.10 Å². The lowest BCUT2D eigenvalue weighted by atomic mass is 10.0. The van der Waals surface area contributed by atoms with Crippen LogP contribution in [-0.2, 0) is 21.1 Å². The highest BCUT2D eigenvalue weighted by molar-refractivity contribution is 7.91. The number of aromatic nitrogens is 2. The monoisotopic (exact) mass is 273 g/mol. The summed E-state index contributed by atoms with van der Waals surface area (Å²) in [5, 5.41) is 4.38. The minimum atomic E-state index is -2.97. The van der Waals surface area contributed by atoms with Gasteiger partial charge in [0, 0.05) is 24.5 Å². The maximum atomic E-state index is 11.4. The van der Waals surface area contributed by atoms with Crippen LogP contribution in [0.3, 0.4) is 0 Å². The number of hydrogen-bond donors (Lipinski definition) is 1. The normalized spacial score (nSPS) is 20.4. The van der Waals surface area contributed by atoms with Gasteiger partial charge in [-0.25, -0.2) is 8.42 Å². The van der Waals surface area contributed by atoms with Crippen molar-refractivity contribution >= 4 is 15.5 Å². The van der Waals surface area contributed by atoms with E-state index in [-0.39, 0.29) is 17.4 Å². The van der Waals surface area contributed by atoms with Gasteiger partial charge in [0.2, 0.25) is 0 Å². The first kappa shape index (κ1) is 13.4. The van der Waals surface area contributed by atoms with Crippen LogP contribution in [0.5, 0.6) is 0 Å². The van der Waals surface area contributed by atoms with Crippen LogP contribution in [0.15, 0.2) is 6.20 Å². The maximum absolute atomic E-state index is 11.4. The molecular weight excluding hydrogens is 254 g/mol. The minimum Gasteiger partial charge on any atom is -0.396 e. The summed E-state index contributed by atoms with van der Waals surface area (Å²) < 4.78 is 29.8. The third-order valence-corrected chi connectivity index (χ3v) is 4.89. The lowest BCUT2D eigenvalue weighted by molar-refractivity contribution is 0.193. The van der Waals surface area contributed by atoms with E-state index in [1.165, 1.54) is 0 Å². The number of aryl methyl sites for hydroxylation is 1. The predicted octanol–water partition coefficient (Wildman–Crippen LogP) is 0.404. The quantitative estimate of drug-likeness (QED) is 0.839. The van der Waals surface area contributed by atoms with Crippen LogP contribution in [0.25, 0.3) is 0 Å². The van der Waals surface area contributed by atoms with Crippen molar-refractivity contribution in [3.05, 3.63) is 11.9 Å². The van der Waals surface area contributed by atoms with E-state index in [2.05, 4.69) is 5.10 Å². The topological polar surface area (TPSA) is 87.2 Å². The van der Waals surface area contributed by atoms with Crippen molar-refractivity contribution in [1.82, 2.24) is 9.78 Å². The van der Waals surface area contributed by atoms with Gasteiger partial charge in [-0.3, -0.25) is 4.68 Å². The van der Waals surface area contributed by atoms with Gasteiger partial charge in [0.15, 0.2) is 9.84 Å². The second-order valence-electron chi connectivity index (χ2n) is 4.53. The third-order valence-electron chi connectivity index (χ3n) is 3.21. The number of anilines is 1. The van der Waals surface area contributed by atoms with Gasteiger partial charge in [-0.05, 0) is 6.42 Å². The fraction of sp³-hybridized carbons (Fsp3) is 0.727. The Morgan fingerprint density at radius 3 is 3.00 bits per heavy atom. The molecule has 1 aliphatic rings. The fourth-order valence-electron chi connectivity index (χ4n) is 2.01. The van der Waals surface area contributed by atoms with Gasteiger partial charge < -0.3 is 10.5 Å². The molecule has 7 heteroatoms. The van der Waals surface area contributed by atoms with Crippen molar-refractivity contribution in [2.24, 2.45) is 0 Å². The number of sulfone groups is 1. The molecule has 6 nitrogen and oxygen atoms in total. The van der Waals surface area contributed by atoms with E-state index in [4.69, 9.17) is 10.5 Å². The summed E-state index contributed by atoms with van der Waals surface area (Å²) >= 11 is 0. The Morgan fingerprint density at radius 2 is 2.39 bits per heavy atom. The third kappa shape index (κ3) is 3.02. The molecule has 1 aliphatic heterocycles. The van der Waals surface area contributed by atoms with Crippen LogP contribution in [-0.4, -0.2) is 42.9 Å². The largest absolute Gasteiger partial charge is 0.396 e. The van der Waals surface area contributed by atoms with Gasteiger partial charge in [0.1, 0.15) is 0 Å². The molecule has 0 radical (unpaired) electrons. The second-order valence-corrected chi connectivity index (χ2v) is 7.00. The smallest absolute Gasteiger partial charge is 0.151 e. The van der Waals surface area contributed by atoms with E-state index in [9.17, 15) is 8.42 Å². The Balaban J connectivity index is 2.04. The first-order chi connectivity index (χ1) is 8.52. The first-order valence-electron chi connectivity index (χ1n) is 6.13. The highest BCUT2D eigenvalue weighted by atomic mass is 32.2. The number of nitrogens with two attached hydrogens (primary N) is 1. The molecule has 0 spiro atoms. The molecule has 18 heavy (non-hydrogen) atoms. The average molecular weight is 273 g/mol. The summed E-state index contributed by atoms with van der Waals surface area (Å²) in [5.74, 6) is 0.507. The summed E-state index contributed by atoms with van der Waals surface area (Å²) in [4.78, 5) is 0. The van der Waals surface area contributed by atoms with E-state index in [1.54, 1.807) is 17.8 Å². The van der Waals surface area contributed by atoms with E-state index in [0.29, 0.717) is 18.8 Å². The molecular formula is C11H19N3O3S. The molecule has 1 saturated heterocycles. The van der Waals surface area contributed by atoms with Crippen LogP contribution in [0.2, 0.25) is 0 Å². The Hall–Kier alpha value is -1.08. The second kappa shape index (κ2) is 5.27. The van der Waals surface area contributed by atoms with Crippen LogP contribution in [0.4, 0.5) is 5.69 Å². The summed E-state index contributed by atoms with van der Waals surface area (Å²) in [7, 11) is -2.97. The summed E-state index contributed by atoms with van der Waals surface area (Å²) in [6, 6.07) is 0. The molecule has 1 aromatic heterocycles. The van der Waals surface area contributed by atoms with Crippen LogP contribution in [0.1, 0.15) is 25.0 Å². The lowest BCUT2D eigenvalue weighted by Gasteiger charge is -2.04. The molecule has 1 aromatic rings. The molecule has 2 heterocycles. The van der Waals surface area contributed by atoms with Crippen LogP contribution >= 0.6 is 0 Å². The molecule has 0 aromatic carbocycles. The SMILES string of the molecule is CCS(=O)(=O)CCn1cc(N)c(C2CCOC2)n1. The number of hydrogen-bond acceptors (Lipinski definition) is 5. The molecule has 0 bridgehead atoms. The molecule has 0 aliphatic carbocycles. The van der Waals surface area contributed by atoms with Gasteiger partial charge in [0.25, 0.3) is 0 Å². The summed E-state index contributed by atoms with van der Waals surface area (Å²) in [5.41, 5.74) is 7.36. The number of ether oxygens (including phenoxy) is 1. The highest BCUT2D eigenvalue weighted by Gasteiger charge is 2.23. The van der Waals surface area contributed by atoms with Crippen LogP contribution < -0.4 is 5.73 Å². The van der Waals surface area contributed by atoms with Crippen LogP contribution in [0, 0.1) is 0 Å². The van der Waals surface area contributed by atoms with Crippen molar-refractivity contribution in [2.45, 2.75) is 25.8 Å². The molecule has 1 unspecified atom stereocenters. The van der Waals surface area contributed by atoms with Crippen molar-refractivity contribution in [3.8, 4) is 0 Å². The standard InChI is InChI=1S/C11H19N3O3S/c1-2-18(15,16)6-4-14-7-10(12)11(13-14)9-3-5-17-8-9/h7,9H,2-6,8,12H2,1H3. The molecule has 102 valence electrons. The number of nitrogens with zero attached hydrogens (tertiary/aromatic N) is 2. The molecule has 1 atom stereocenters. The Morgan fingerprint density at radius 1 is 1.61 bits per heavy atom. The minimum absolute atomic E-state index is 0.102. The van der Waals surface area contributed by atoms with E-state index >= 15 is 0 Å². The van der Waals surface area contributed by atoms with E-state index < -0.39 is 9.84 Å². The Kier molecular flexibility index (Phi) is 3.91.